The molecule has 2 N–H and O–H groups in total. The smallest absolute Gasteiger partial charge is 0.434 e. The largest absolute Gasteiger partial charge is 0.508 e. The summed E-state index contributed by atoms with van der Waals surface area (Å²) in [5, 5.41) is 16.2. The van der Waals surface area contributed by atoms with Crippen molar-refractivity contribution in [1.29, 1.82) is 0 Å². The number of benzene rings is 1. The Morgan fingerprint density at radius 2 is 1.96 bits per heavy atom. The number of alkyl halides is 3. The van der Waals surface area contributed by atoms with Crippen molar-refractivity contribution in [1.82, 2.24) is 9.78 Å². The first-order valence-electron chi connectivity index (χ1n) is 7.38. The second kappa shape index (κ2) is 6.70. The number of rotatable bonds is 3. The van der Waals surface area contributed by atoms with Crippen molar-refractivity contribution >= 4 is 27.5 Å². The van der Waals surface area contributed by atoms with Crippen molar-refractivity contribution in [2.24, 2.45) is 7.05 Å². The van der Waals surface area contributed by atoms with Crippen LogP contribution in [0.15, 0.2) is 16.6 Å². The van der Waals surface area contributed by atoms with Crippen LogP contribution in [-0.4, -0.2) is 20.8 Å². The highest BCUT2D eigenvalue weighted by atomic mass is 79.9. The Morgan fingerprint density at radius 1 is 1.36 bits per heavy atom. The highest BCUT2D eigenvalue weighted by Crippen LogP contribution is 2.37. The average Bonchev–Trinajstić information content (AvgIpc) is 2.76. The molecule has 0 aliphatic carbocycles. The van der Waals surface area contributed by atoms with Crippen LogP contribution in [0.4, 0.5) is 18.9 Å². The summed E-state index contributed by atoms with van der Waals surface area (Å²) >= 11 is 2.82. The number of phenolic OH excluding ortho intramolecular Hbond substituents is 1. The SMILES string of the molecule is Cc1cc(O)c(C(C)C)cc1NC(=O)c1nn(C)c(C(F)(F)F)c1Br. The summed E-state index contributed by atoms with van der Waals surface area (Å²) in [5.41, 5.74) is 0.198. The maximum Gasteiger partial charge on any atom is 0.434 e. The molecule has 1 amide bonds. The van der Waals surface area contributed by atoms with Gasteiger partial charge in [0.2, 0.25) is 0 Å². The second-order valence-electron chi connectivity index (χ2n) is 5.97. The van der Waals surface area contributed by atoms with E-state index in [1.807, 2.05) is 13.8 Å². The highest BCUT2D eigenvalue weighted by Gasteiger charge is 2.39. The van der Waals surface area contributed by atoms with E-state index in [4.69, 9.17) is 0 Å². The Balaban J connectivity index is 2.40. The highest BCUT2D eigenvalue weighted by molar-refractivity contribution is 9.10. The van der Waals surface area contributed by atoms with Crippen molar-refractivity contribution in [3.63, 3.8) is 0 Å². The fourth-order valence-corrected chi connectivity index (χ4v) is 3.18. The third-order valence-corrected chi connectivity index (χ3v) is 4.47. The lowest BCUT2D eigenvalue weighted by atomic mass is 9.99. The monoisotopic (exact) mass is 419 g/mol. The number of nitrogens with zero attached hydrogens (tertiary/aromatic N) is 2. The molecule has 0 saturated carbocycles. The Labute approximate surface area is 151 Å². The Kier molecular flexibility index (Phi) is 5.17. The number of halogens is 4. The molecule has 0 aliphatic heterocycles. The molecule has 1 heterocycles. The molecule has 0 radical (unpaired) electrons. The van der Waals surface area contributed by atoms with Gasteiger partial charge < -0.3 is 10.4 Å². The summed E-state index contributed by atoms with van der Waals surface area (Å²) in [6.45, 7) is 5.43. The molecule has 1 aromatic heterocycles. The van der Waals surface area contributed by atoms with Gasteiger partial charge in [-0.3, -0.25) is 9.48 Å². The molecule has 9 heteroatoms. The van der Waals surface area contributed by atoms with Crippen LogP contribution in [-0.2, 0) is 13.2 Å². The third-order valence-electron chi connectivity index (χ3n) is 3.72. The maximum absolute atomic E-state index is 13.0. The standard InChI is InChI=1S/C16H17BrF3N3O2/c1-7(2)9-6-10(8(3)5-11(9)24)21-15(25)13-12(17)14(16(18,19)20)23(4)22-13/h5-7,24H,1-4H3,(H,21,25). The Bertz CT molecular complexity index is 829. The number of aromatic nitrogens is 2. The fourth-order valence-electron chi connectivity index (χ4n) is 2.44. The van der Waals surface area contributed by atoms with Crippen LogP contribution >= 0.6 is 15.9 Å². The third kappa shape index (κ3) is 3.81. The van der Waals surface area contributed by atoms with Gasteiger partial charge in [-0.25, -0.2) is 0 Å². The molecule has 0 bridgehead atoms. The number of anilines is 1. The second-order valence-corrected chi connectivity index (χ2v) is 6.76. The zero-order valence-electron chi connectivity index (χ0n) is 14.0. The van der Waals surface area contributed by atoms with E-state index in [2.05, 4.69) is 26.3 Å². The normalized spacial score (nSPS) is 11.9. The van der Waals surface area contributed by atoms with Gasteiger partial charge in [0.1, 0.15) is 5.75 Å². The molecule has 0 saturated heterocycles. The molecule has 136 valence electrons. The minimum Gasteiger partial charge on any atom is -0.508 e. The van der Waals surface area contributed by atoms with Gasteiger partial charge in [0.25, 0.3) is 5.91 Å². The first-order valence-corrected chi connectivity index (χ1v) is 8.17. The first kappa shape index (κ1) is 19.3. The van der Waals surface area contributed by atoms with E-state index in [0.717, 1.165) is 7.05 Å². The van der Waals surface area contributed by atoms with E-state index in [1.165, 1.54) is 6.07 Å². The number of carbonyl (C=O) groups excluding carboxylic acids is 1. The number of carbonyl (C=O) groups is 1. The summed E-state index contributed by atoms with van der Waals surface area (Å²) < 4.78 is 39.2. The van der Waals surface area contributed by atoms with E-state index in [9.17, 15) is 23.1 Å². The molecule has 5 nitrogen and oxygen atoms in total. The van der Waals surface area contributed by atoms with Crippen molar-refractivity contribution in [3.8, 4) is 5.75 Å². The first-order chi connectivity index (χ1) is 11.4. The number of hydrogen-bond acceptors (Lipinski definition) is 3. The number of aryl methyl sites for hydroxylation is 2. The molecule has 0 aliphatic rings. The van der Waals surface area contributed by atoms with Crippen molar-refractivity contribution in [2.45, 2.75) is 32.9 Å². The van der Waals surface area contributed by atoms with E-state index in [-0.39, 0.29) is 17.4 Å². The average molecular weight is 420 g/mol. The van der Waals surface area contributed by atoms with Crippen molar-refractivity contribution in [3.05, 3.63) is 39.1 Å². The minimum absolute atomic E-state index is 0.00895. The van der Waals surface area contributed by atoms with Crippen LogP contribution in [0.25, 0.3) is 0 Å². The zero-order valence-corrected chi connectivity index (χ0v) is 15.6. The molecule has 1 aromatic carbocycles. The van der Waals surface area contributed by atoms with E-state index in [1.54, 1.807) is 13.0 Å². The lowest BCUT2D eigenvalue weighted by Crippen LogP contribution is -2.14. The van der Waals surface area contributed by atoms with Gasteiger partial charge in [-0.1, -0.05) is 13.8 Å². The summed E-state index contributed by atoms with van der Waals surface area (Å²) in [6, 6.07) is 3.11. The minimum atomic E-state index is -4.64. The zero-order chi connectivity index (χ0) is 19.1. The van der Waals surface area contributed by atoms with E-state index < -0.39 is 22.3 Å². The topological polar surface area (TPSA) is 67.2 Å². The number of nitrogens with one attached hydrogen (secondary N) is 1. The maximum atomic E-state index is 13.0. The van der Waals surface area contributed by atoms with Crippen molar-refractivity contribution in [2.75, 3.05) is 5.32 Å². The summed E-state index contributed by atoms with van der Waals surface area (Å²) in [5.74, 6) is -0.667. The van der Waals surface area contributed by atoms with Gasteiger partial charge in [0.15, 0.2) is 11.4 Å². The number of phenols is 1. The van der Waals surface area contributed by atoms with Crippen LogP contribution < -0.4 is 5.32 Å². The lowest BCUT2D eigenvalue weighted by Gasteiger charge is -2.14. The van der Waals surface area contributed by atoms with Gasteiger partial charge in [-0.05, 0) is 52.0 Å². The molecular formula is C16H17BrF3N3O2. The summed E-state index contributed by atoms with van der Waals surface area (Å²) in [7, 11) is 1.12. The predicted octanol–water partition coefficient (Wildman–Crippen LogP) is 4.59. The van der Waals surface area contributed by atoms with Crippen molar-refractivity contribution < 1.29 is 23.1 Å². The van der Waals surface area contributed by atoms with Crippen LogP contribution in [0, 0.1) is 6.92 Å². The Morgan fingerprint density at radius 3 is 2.44 bits per heavy atom. The molecular weight excluding hydrogens is 403 g/mol. The fraction of sp³-hybridized carbons (Fsp3) is 0.375. The molecule has 0 unspecified atom stereocenters. The molecule has 2 rings (SSSR count). The predicted molar refractivity (Wildman–Crippen MR) is 90.8 cm³/mol. The van der Waals surface area contributed by atoms with Gasteiger partial charge in [-0.2, -0.15) is 18.3 Å². The summed E-state index contributed by atoms with van der Waals surface area (Å²) in [4.78, 5) is 12.4. The number of hydrogen-bond donors (Lipinski definition) is 2. The van der Waals surface area contributed by atoms with E-state index >= 15 is 0 Å². The van der Waals surface area contributed by atoms with E-state index in [0.29, 0.717) is 21.5 Å². The molecule has 0 spiro atoms. The number of aromatic hydroxyl groups is 1. The van der Waals surface area contributed by atoms with Crippen LogP contribution in [0.2, 0.25) is 0 Å². The Hall–Kier alpha value is -2.03. The van der Waals surface area contributed by atoms with Gasteiger partial charge in [0, 0.05) is 12.7 Å². The summed E-state index contributed by atoms with van der Waals surface area (Å²) in [6.07, 6.45) is -4.64. The van der Waals surface area contributed by atoms with Gasteiger partial charge in [0.05, 0.1) is 4.47 Å². The van der Waals surface area contributed by atoms with Crippen LogP contribution in [0.5, 0.6) is 5.75 Å². The van der Waals surface area contributed by atoms with Gasteiger partial charge >= 0.3 is 6.18 Å². The number of amides is 1. The van der Waals surface area contributed by atoms with Gasteiger partial charge in [-0.15, -0.1) is 0 Å². The molecule has 2 aromatic rings. The molecule has 0 atom stereocenters. The lowest BCUT2D eigenvalue weighted by molar-refractivity contribution is -0.144. The molecule has 0 fully saturated rings. The van der Waals surface area contributed by atoms with Crippen LogP contribution in [0.3, 0.4) is 0 Å². The molecule has 25 heavy (non-hydrogen) atoms. The van der Waals surface area contributed by atoms with Crippen LogP contribution in [0.1, 0.15) is 47.1 Å². The quantitative estimate of drug-likeness (QED) is 0.714.